The van der Waals surface area contributed by atoms with Gasteiger partial charge in [-0.3, -0.25) is 4.79 Å². The predicted molar refractivity (Wildman–Crippen MR) is 111 cm³/mol. The quantitative estimate of drug-likeness (QED) is 0.528. The van der Waals surface area contributed by atoms with Gasteiger partial charge in [0.15, 0.2) is 0 Å². The van der Waals surface area contributed by atoms with E-state index in [-0.39, 0.29) is 12.5 Å². The van der Waals surface area contributed by atoms with Crippen molar-refractivity contribution < 1.29 is 14.3 Å². The van der Waals surface area contributed by atoms with Crippen LogP contribution in [0.3, 0.4) is 0 Å². The van der Waals surface area contributed by atoms with Gasteiger partial charge in [-0.05, 0) is 43.5 Å². The molecule has 144 valence electrons. The molecule has 0 saturated carbocycles. The molecule has 5 heteroatoms. The average molecular weight is 396 g/mol. The molecule has 0 aliphatic carbocycles. The number of benzene rings is 2. The number of halogens is 1. The molecule has 3 rings (SSSR count). The molecular weight excluding hydrogens is 374 g/mol. The number of esters is 1. The van der Waals surface area contributed by atoms with Gasteiger partial charge >= 0.3 is 5.97 Å². The average Bonchev–Trinajstić information content (AvgIpc) is 2.92. The third-order valence-electron chi connectivity index (χ3n) is 4.66. The highest BCUT2D eigenvalue weighted by Crippen LogP contribution is 2.33. The number of nitrogens with zero attached hydrogens (tertiary/aromatic N) is 1. The van der Waals surface area contributed by atoms with Crippen molar-refractivity contribution in [1.82, 2.24) is 4.90 Å². The van der Waals surface area contributed by atoms with E-state index in [0.717, 1.165) is 5.56 Å². The van der Waals surface area contributed by atoms with Crippen LogP contribution in [0.4, 0.5) is 0 Å². The van der Waals surface area contributed by atoms with Gasteiger partial charge in [-0.1, -0.05) is 60.1 Å². The molecule has 0 fully saturated rings. The zero-order valence-corrected chi connectivity index (χ0v) is 16.7. The van der Waals surface area contributed by atoms with E-state index in [1.807, 2.05) is 48.5 Å². The molecule has 0 bridgehead atoms. The van der Waals surface area contributed by atoms with Gasteiger partial charge in [0.1, 0.15) is 0 Å². The topological polar surface area (TPSA) is 46.6 Å². The maximum absolute atomic E-state index is 13.1. The van der Waals surface area contributed by atoms with Crippen molar-refractivity contribution in [3.63, 3.8) is 0 Å². The van der Waals surface area contributed by atoms with Crippen LogP contribution in [0.5, 0.6) is 0 Å². The molecule has 0 spiro atoms. The van der Waals surface area contributed by atoms with Crippen molar-refractivity contribution in [2.45, 2.75) is 20.3 Å². The van der Waals surface area contributed by atoms with Crippen LogP contribution >= 0.6 is 11.6 Å². The summed E-state index contributed by atoms with van der Waals surface area (Å²) in [7, 11) is 0. The highest BCUT2D eigenvalue weighted by atomic mass is 35.5. The van der Waals surface area contributed by atoms with E-state index >= 15 is 0 Å². The smallest absolute Gasteiger partial charge is 0.340 e. The fourth-order valence-corrected chi connectivity index (χ4v) is 3.42. The Labute approximate surface area is 170 Å². The number of allylic oxidation sites excluding steroid dienone is 1. The fourth-order valence-electron chi connectivity index (χ4n) is 3.23. The van der Waals surface area contributed by atoms with Gasteiger partial charge in [0, 0.05) is 17.3 Å². The SMILES string of the molecule is CCOC(=O)C1=C(C)N(CCc2ccccc2)C(=O)/C1=C\c1ccccc1Cl. The lowest BCUT2D eigenvalue weighted by atomic mass is 10.0. The second-order valence-electron chi connectivity index (χ2n) is 6.45. The summed E-state index contributed by atoms with van der Waals surface area (Å²) >= 11 is 6.25. The van der Waals surface area contributed by atoms with Crippen molar-refractivity contribution in [2.24, 2.45) is 0 Å². The molecule has 0 unspecified atom stereocenters. The molecule has 1 heterocycles. The molecule has 0 N–H and O–H groups in total. The molecule has 0 aromatic heterocycles. The summed E-state index contributed by atoms with van der Waals surface area (Å²) in [6.45, 7) is 4.25. The molecule has 0 saturated heterocycles. The Bertz CT molecular complexity index is 947. The molecular formula is C23H22ClNO3. The number of amides is 1. The van der Waals surface area contributed by atoms with Crippen LogP contribution in [0.25, 0.3) is 6.08 Å². The van der Waals surface area contributed by atoms with E-state index in [4.69, 9.17) is 16.3 Å². The molecule has 1 aliphatic rings. The Kier molecular flexibility index (Phi) is 6.32. The van der Waals surface area contributed by atoms with Crippen molar-refractivity contribution in [3.8, 4) is 0 Å². The minimum absolute atomic E-state index is 0.212. The maximum atomic E-state index is 13.1. The van der Waals surface area contributed by atoms with Gasteiger partial charge in [0.2, 0.25) is 0 Å². The Hall–Kier alpha value is -2.85. The molecule has 1 amide bonds. The number of carbonyl (C=O) groups is 2. The molecule has 2 aromatic carbocycles. The number of hydrogen-bond donors (Lipinski definition) is 0. The van der Waals surface area contributed by atoms with Gasteiger partial charge in [-0.25, -0.2) is 4.79 Å². The van der Waals surface area contributed by atoms with Crippen LogP contribution in [-0.2, 0) is 20.7 Å². The Morgan fingerprint density at radius 1 is 1.11 bits per heavy atom. The third kappa shape index (κ3) is 4.18. The number of carbonyl (C=O) groups excluding carboxylic acids is 2. The Morgan fingerprint density at radius 2 is 1.79 bits per heavy atom. The summed E-state index contributed by atoms with van der Waals surface area (Å²) in [4.78, 5) is 27.4. The van der Waals surface area contributed by atoms with Crippen molar-refractivity contribution in [2.75, 3.05) is 13.2 Å². The van der Waals surface area contributed by atoms with Crippen LogP contribution in [-0.4, -0.2) is 29.9 Å². The van der Waals surface area contributed by atoms with Gasteiger partial charge < -0.3 is 9.64 Å². The van der Waals surface area contributed by atoms with Gasteiger partial charge in [-0.2, -0.15) is 0 Å². The Morgan fingerprint density at radius 3 is 2.46 bits per heavy atom. The summed E-state index contributed by atoms with van der Waals surface area (Å²) in [5, 5.41) is 0.520. The van der Waals surface area contributed by atoms with Crippen LogP contribution < -0.4 is 0 Å². The van der Waals surface area contributed by atoms with Crippen molar-refractivity contribution in [1.29, 1.82) is 0 Å². The third-order valence-corrected chi connectivity index (χ3v) is 5.01. The standard InChI is InChI=1S/C23H22ClNO3/c1-3-28-23(27)21-16(2)25(14-13-17-9-5-4-6-10-17)22(26)19(21)15-18-11-7-8-12-20(18)24/h4-12,15H,3,13-14H2,1-2H3/b19-15-. The molecule has 0 radical (unpaired) electrons. The van der Waals surface area contributed by atoms with E-state index < -0.39 is 5.97 Å². The van der Waals surface area contributed by atoms with Gasteiger partial charge in [0.25, 0.3) is 5.91 Å². The predicted octanol–water partition coefficient (Wildman–Crippen LogP) is 4.65. The largest absolute Gasteiger partial charge is 0.462 e. The summed E-state index contributed by atoms with van der Waals surface area (Å²) in [6.07, 6.45) is 2.36. The second kappa shape index (κ2) is 8.89. The molecule has 1 aliphatic heterocycles. The minimum Gasteiger partial charge on any atom is -0.462 e. The van der Waals surface area contributed by atoms with Crippen LogP contribution in [0, 0.1) is 0 Å². The highest BCUT2D eigenvalue weighted by Gasteiger charge is 2.37. The first-order valence-electron chi connectivity index (χ1n) is 9.23. The summed E-state index contributed by atoms with van der Waals surface area (Å²) < 4.78 is 5.20. The van der Waals surface area contributed by atoms with E-state index in [1.54, 1.807) is 30.9 Å². The summed E-state index contributed by atoms with van der Waals surface area (Å²) in [5.41, 5.74) is 3.05. The molecule has 4 nitrogen and oxygen atoms in total. The van der Waals surface area contributed by atoms with E-state index in [1.165, 1.54) is 0 Å². The highest BCUT2D eigenvalue weighted by molar-refractivity contribution is 6.32. The van der Waals surface area contributed by atoms with Crippen LogP contribution in [0.1, 0.15) is 25.0 Å². The minimum atomic E-state index is -0.492. The van der Waals surface area contributed by atoms with E-state index in [0.29, 0.717) is 40.4 Å². The second-order valence-corrected chi connectivity index (χ2v) is 6.86. The van der Waals surface area contributed by atoms with Gasteiger partial charge in [-0.15, -0.1) is 0 Å². The summed E-state index contributed by atoms with van der Waals surface area (Å²) in [5.74, 6) is -0.703. The van der Waals surface area contributed by atoms with E-state index in [2.05, 4.69) is 0 Å². The lowest BCUT2D eigenvalue weighted by Crippen LogP contribution is -2.27. The number of ether oxygens (including phenoxy) is 1. The molecule has 0 atom stereocenters. The fraction of sp³-hybridized carbons (Fsp3) is 0.217. The monoisotopic (exact) mass is 395 g/mol. The number of hydrogen-bond acceptors (Lipinski definition) is 3. The lowest BCUT2D eigenvalue weighted by molar-refractivity contribution is -0.138. The maximum Gasteiger partial charge on any atom is 0.340 e. The lowest BCUT2D eigenvalue weighted by Gasteiger charge is -2.17. The normalized spacial score (nSPS) is 15.5. The first kappa shape index (κ1) is 19.9. The molecule has 2 aromatic rings. The Balaban J connectivity index is 1.96. The van der Waals surface area contributed by atoms with Crippen molar-refractivity contribution >= 4 is 29.6 Å². The van der Waals surface area contributed by atoms with Crippen molar-refractivity contribution in [3.05, 3.63) is 87.6 Å². The first-order valence-corrected chi connectivity index (χ1v) is 9.61. The zero-order valence-electron chi connectivity index (χ0n) is 15.9. The molecule has 28 heavy (non-hydrogen) atoms. The van der Waals surface area contributed by atoms with Gasteiger partial charge in [0.05, 0.1) is 17.8 Å². The van der Waals surface area contributed by atoms with E-state index in [9.17, 15) is 9.59 Å². The van der Waals surface area contributed by atoms with Crippen LogP contribution in [0.2, 0.25) is 5.02 Å². The zero-order chi connectivity index (χ0) is 20.1. The van der Waals surface area contributed by atoms with Crippen LogP contribution in [0.15, 0.2) is 71.4 Å². The number of rotatable bonds is 6. The summed E-state index contributed by atoms with van der Waals surface area (Å²) in [6, 6.07) is 17.2. The first-order chi connectivity index (χ1) is 13.5.